The molecule has 1 aromatic heterocycles. The number of rotatable bonds is 4. The molecule has 1 N–H and O–H groups in total. The van der Waals surface area contributed by atoms with Crippen LogP contribution in [0.25, 0.3) is 10.9 Å². The van der Waals surface area contributed by atoms with Crippen molar-refractivity contribution < 1.29 is 14.3 Å². The molecule has 0 fully saturated rings. The number of ketones is 1. The Morgan fingerprint density at radius 3 is 2.52 bits per heavy atom. The van der Waals surface area contributed by atoms with Crippen molar-refractivity contribution in [3.05, 3.63) is 80.1 Å². The van der Waals surface area contributed by atoms with Crippen LogP contribution in [-0.4, -0.2) is 23.3 Å². The summed E-state index contributed by atoms with van der Waals surface area (Å²) in [5.41, 5.74) is 0.371. The highest BCUT2D eigenvalue weighted by molar-refractivity contribution is 6.36. The van der Waals surface area contributed by atoms with E-state index in [1.165, 1.54) is 18.2 Å². The fraction of sp³-hybridized carbons (Fsp3) is 0.0556. The number of ether oxygens (including phenoxy) is 1. The smallest absolute Gasteiger partial charge is 0.339 e. The molecule has 2 aromatic carbocycles. The molecule has 7 heteroatoms. The first-order chi connectivity index (χ1) is 12.0. The Morgan fingerprint density at radius 1 is 1.00 bits per heavy atom. The summed E-state index contributed by atoms with van der Waals surface area (Å²) in [6, 6.07) is 12.4. The van der Waals surface area contributed by atoms with Gasteiger partial charge >= 0.3 is 5.97 Å². The number of pyridine rings is 1. The molecule has 1 heterocycles. The van der Waals surface area contributed by atoms with Crippen LogP contribution in [0.1, 0.15) is 20.7 Å². The molecule has 0 saturated carbocycles. The number of carbonyl (C=O) groups is 2. The first-order valence-corrected chi connectivity index (χ1v) is 7.99. The molecule has 0 aliphatic rings. The molecule has 25 heavy (non-hydrogen) atoms. The molecule has 0 aliphatic heterocycles. The second-order valence-corrected chi connectivity index (χ2v) is 6.06. The van der Waals surface area contributed by atoms with Crippen LogP contribution in [-0.2, 0) is 4.74 Å². The molecule has 0 atom stereocenters. The maximum Gasteiger partial charge on any atom is 0.339 e. The lowest BCUT2D eigenvalue weighted by Crippen LogP contribution is -2.17. The Kier molecular flexibility index (Phi) is 4.88. The van der Waals surface area contributed by atoms with E-state index in [1.54, 1.807) is 24.3 Å². The number of hydrogen-bond acceptors (Lipinski definition) is 4. The number of aromatic nitrogens is 1. The second kappa shape index (κ2) is 7.09. The minimum atomic E-state index is -0.763. The van der Waals surface area contributed by atoms with E-state index in [2.05, 4.69) is 4.98 Å². The number of fused-ring (bicyclic) bond motifs is 1. The Bertz CT molecular complexity index is 1040. The summed E-state index contributed by atoms with van der Waals surface area (Å²) in [5.74, 6) is -1.23. The van der Waals surface area contributed by atoms with Gasteiger partial charge in [0.15, 0.2) is 6.61 Å². The van der Waals surface area contributed by atoms with Gasteiger partial charge in [0.2, 0.25) is 11.3 Å². The largest absolute Gasteiger partial charge is 0.454 e. The van der Waals surface area contributed by atoms with Crippen molar-refractivity contribution in [2.45, 2.75) is 0 Å². The molecule has 0 bridgehead atoms. The zero-order valence-electron chi connectivity index (χ0n) is 12.7. The number of esters is 1. The van der Waals surface area contributed by atoms with Crippen molar-refractivity contribution in [3.63, 3.8) is 0 Å². The van der Waals surface area contributed by atoms with Gasteiger partial charge < -0.3 is 9.72 Å². The summed E-state index contributed by atoms with van der Waals surface area (Å²) in [4.78, 5) is 38.8. The third kappa shape index (κ3) is 3.73. The number of para-hydroxylation sites is 1. The molecule has 0 saturated heterocycles. The quantitative estimate of drug-likeness (QED) is 0.554. The van der Waals surface area contributed by atoms with Crippen LogP contribution in [0.5, 0.6) is 0 Å². The van der Waals surface area contributed by atoms with Crippen molar-refractivity contribution in [2.24, 2.45) is 0 Å². The predicted molar refractivity (Wildman–Crippen MR) is 95.6 cm³/mol. The number of H-pyrrole nitrogens is 1. The molecular weight excluding hydrogens is 365 g/mol. The zero-order chi connectivity index (χ0) is 18.0. The van der Waals surface area contributed by atoms with Gasteiger partial charge in [-0.2, -0.15) is 0 Å². The standard InChI is InChI=1S/C18H11Cl2NO4/c19-10-5-6-12(14(20)7-10)16(22)9-25-18(24)13-8-17(23)21-15-4-2-1-3-11(13)15/h1-8H,9H2,(H,21,23). The number of carbonyl (C=O) groups excluding carboxylic acids is 2. The van der Waals surface area contributed by atoms with Gasteiger partial charge in [-0.15, -0.1) is 0 Å². The van der Waals surface area contributed by atoms with Gasteiger partial charge in [-0.1, -0.05) is 41.4 Å². The summed E-state index contributed by atoms with van der Waals surface area (Å²) in [6.45, 7) is -0.499. The summed E-state index contributed by atoms with van der Waals surface area (Å²) >= 11 is 11.8. The van der Waals surface area contributed by atoms with Gasteiger partial charge in [0.1, 0.15) is 0 Å². The van der Waals surface area contributed by atoms with Gasteiger partial charge in [-0.05, 0) is 24.3 Å². The second-order valence-electron chi connectivity index (χ2n) is 5.22. The van der Waals surface area contributed by atoms with Crippen LogP contribution in [0.15, 0.2) is 53.3 Å². The molecule has 3 rings (SSSR count). The molecular formula is C18H11Cl2NO4. The van der Waals surface area contributed by atoms with Crippen LogP contribution in [0, 0.1) is 0 Å². The average molecular weight is 376 g/mol. The topological polar surface area (TPSA) is 76.2 Å². The summed E-state index contributed by atoms with van der Waals surface area (Å²) < 4.78 is 5.06. The van der Waals surface area contributed by atoms with E-state index in [1.807, 2.05) is 0 Å². The SMILES string of the molecule is O=C(COC(=O)c1cc(=O)[nH]c2ccccc12)c1ccc(Cl)cc1Cl. The van der Waals surface area contributed by atoms with E-state index in [4.69, 9.17) is 27.9 Å². The Hall–Kier alpha value is -2.63. The van der Waals surface area contributed by atoms with E-state index in [-0.39, 0.29) is 16.1 Å². The van der Waals surface area contributed by atoms with E-state index >= 15 is 0 Å². The predicted octanol–water partition coefficient (Wildman–Crippen LogP) is 3.87. The van der Waals surface area contributed by atoms with E-state index < -0.39 is 23.9 Å². The van der Waals surface area contributed by atoms with Crippen LogP contribution in [0.2, 0.25) is 10.0 Å². The summed E-state index contributed by atoms with van der Waals surface area (Å²) in [5, 5.41) is 1.10. The lowest BCUT2D eigenvalue weighted by Gasteiger charge is -2.08. The van der Waals surface area contributed by atoms with Gasteiger partial charge in [0.25, 0.3) is 0 Å². The number of Topliss-reactive ketones (excluding diaryl/α,β-unsaturated/α-hetero) is 1. The first kappa shape index (κ1) is 17.2. The number of hydrogen-bond donors (Lipinski definition) is 1. The van der Waals surface area contributed by atoms with E-state index in [0.717, 1.165) is 6.07 Å². The van der Waals surface area contributed by atoms with Crippen molar-refractivity contribution in [3.8, 4) is 0 Å². The van der Waals surface area contributed by atoms with Crippen LogP contribution < -0.4 is 5.56 Å². The molecule has 0 radical (unpaired) electrons. The molecule has 0 spiro atoms. The van der Waals surface area contributed by atoms with E-state index in [9.17, 15) is 14.4 Å². The monoisotopic (exact) mass is 375 g/mol. The van der Waals surface area contributed by atoms with Gasteiger partial charge in [-0.25, -0.2) is 4.79 Å². The highest BCUT2D eigenvalue weighted by Gasteiger charge is 2.17. The summed E-state index contributed by atoms with van der Waals surface area (Å²) in [6.07, 6.45) is 0. The molecule has 5 nitrogen and oxygen atoms in total. The molecule has 0 amide bonds. The fourth-order valence-corrected chi connectivity index (χ4v) is 2.89. The Labute approximate surface area is 152 Å². The Morgan fingerprint density at radius 2 is 1.76 bits per heavy atom. The Balaban J connectivity index is 1.81. The minimum Gasteiger partial charge on any atom is -0.454 e. The van der Waals surface area contributed by atoms with Crippen molar-refractivity contribution in [2.75, 3.05) is 6.61 Å². The average Bonchev–Trinajstić information content (AvgIpc) is 2.58. The van der Waals surface area contributed by atoms with Gasteiger partial charge in [-0.3, -0.25) is 9.59 Å². The first-order valence-electron chi connectivity index (χ1n) is 7.23. The minimum absolute atomic E-state index is 0.0920. The third-order valence-corrected chi connectivity index (χ3v) is 4.08. The van der Waals surface area contributed by atoms with Gasteiger partial charge in [0, 0.05) is 27.6 Å². The highest BCUT2D eigenvalue weighted by atomic mass is 35.5. The van der Waals surface area contributed by atoms with Crippen LogP contribution in [0.4, 0.5) is 0 Å². The lowest BCUT2D eigenvalue weighted by molar-refractivity contribution is 0.0476. The van der Waals surface area contributed by atoms with Crippen molar-refractivity contribution >= 4 is 45.9 Å². The van der Waals surface area contributed by atoms with Crippen LogP contribution >= 0.6 is 23.2 Å². The maximum absolute atomic E-state index is 12.3. The number of nitrogens with one attached hydrogen (secondary N) is 1. The van der Waals surface area contributed by atoms with Crippen LogP contribution in [0.3, 0.4) is 0 Å². The van der Waals surface area contributed by atoms with E-state index in [0.29, 0.717) is 15.9 Å². The molecule has 0 aliphatic carbocycles. The van der Waals surface area contributed by atoms with Gasteiger partial charge in [0.05, 0.1) is 10.6 Å². The molecule has 126 valence electrons. The van der Waals surface area contributed by atoms with Crippen molar-refractivity contribution in [1.82, 2.24) is 4.98 Å². The number of halogens is 2. The molecule has 3 aromatic rings. The third-order valence-electron chi connectivity index (χ3n) is 3.54. The number of benzene rings is 2. The zero-order valence-corrected chi connectivity index (χ0v) is 14.2. The summed E-state index contributed by atoms with van der Waals surface area (Å²) in [7, 11) is 0. The maximum atomic E-state index is 12.3. The normalized spacial score (nSPS) is 10.6. The van der Waals surface area contributed by atoms with Crippen molar-refractivity contribution in [1.29, 1.82) is 0 Å². The lowest BCUT2D eigenvalue weighted by atomic mass is 10.1. The highest BCUT2D eigenvalue weighted by Crippen LogP contribution is 2.22. The fourth-order valence-electron chi connectivity index (χ4n) is 2.38. The molecule has 0 unspecified atom stereocenters. The number of aromatic amines is 1.